The molecule has 6 nitrogen and oxygen atoms in total. The van der Waals surface area contributed by atoms with E-state index in [2.05, 4.69) is 9.71 Å². The van der Waals surface area contributed by atoms with Crippen LogP contribution in [0.1, 0.15) is 19.8 Å². The molecule has 0 unspecified atom stereocenters. The Hall–Kier alpha value is -1.18. The summed E-state index contributed by atoms with van der Waals surface area (Å²) in [7, 11) is -3.62. The topological polar surface area (TPSA) is 85.4 Å². The van der Waals surface area contributed by atoms with Gasteiger partial charge in [-0.05, 0) is 25.5 Å². The van der Waals surface area contributed by atoms with Crippen molar-refractivity contribution in [3.8, 4) is 0 Å². The molecule has 0 aromatic carbocycles. The Bertz CT molecular complexity index is 533. The molecule has 0 amide bonds. The van der Waals surface area contributed by atoms with Gasteiger partial charge in [0.15, 0.2) is 0 Å². The summed E-state index contributed by atoms with van der Waals surface area (Å²) in [5, 5.41) is 0.106. The van der Waals surface area contributed by atoms with E-state index in [9.17, 15) is 13.2 Å². The molecule has 1 N–H and O–H groups in total. The lowest BCUT2D eigenvalue weighted by atomic mass is 10.3. The summed E-state index contributed by atoms with van der Waals surface area (Å²) in [5.41, 5.74) is 0. The predicted octanol–water partition coefficient (Wildman–Crippen LogP) is 1.36. The Kier molecular flexibility index (Phi) is 6.20. The number of nitrogens with zero attached hydrogens (tertiary/aromatic N) is 1. The van der Waals surface area contributed by atoms with E-state index in [-0.39, 0.29) is 29.0 Å². The van der Waals surface area contributed by atoms with Crippen LogP contribution in [0, 0.1) is 0 Å². The molecule has 0 spiro atoms. The molecule has 0 saturated heterocycles. The van der Waals surface area contributed by atoms with Crippen LogP contribution in [0.5, 0.6) is 0 Å². The van der Waals surface area contributed by atoms with E-state index in [1.165, 1.54) is 18.3 Å². The van der Waals surface area contributed by atoms with Gasteiger partial charge in [-0.2, -0.15) is 0 Å². The lowest BCUT2D eigenvalue weighted by molar-refractivity contribution is -0.143. The first-order chi connectivity index (χ1) is 8.95. The molecule has 0 bridgehead atoms. The van der Waals surface area contributed by atoms with Crippen LogP contribution < -0.4 is 4.72 Å². The first kappa shape index (κ1) is 15.9. The van der Waals surface area contributed by atoms with Crippen molar-refractivity contribution in [3.63, 3.8) is 0 Å². The van der Waals surface area contributed by atoms with E-state index >= 15 is 0 Å². The van der Waals surface area contributed by atoms with E-state index in [4.69, 9.17) is 16.3 Å². The molecule has 1 aromatic rings. The van der Waals surface area contributed by atoms with E-state index in [0.29, 0.717) is 13.0 Å². The third-order valence-corrected chi connectivity index (χ3v) is 3.83. The zero-order chi connectivity index (χ0) is 14.3. The normalized spacial score (nSPS) is 11.3. The fourth-order valence-corrected chi connectivity index (χ4v) is 2.63. The van der Waals surface area contributed by atoms with Gasteiger partial charge in [-0.25, -0.2) is 18.1 Å². The highest BCUT2D eigenvalue weighted by molar-refractivity contribution is 7.89. The van der Waals surface area contributed by atoms with Gasteiger partial charge in [0.1, 0.15) is 5.15 Å². The summed E-state index contributed by atoms with van der Waals surface area (Å²) in [4.78, 5) is 14.8. The number of hydrogen-bond donors (Lipinski definition) is 1. The molecular formula is C11H15ClN2O4S. The molecule has 0 fully saturated rings. The maximum absolute atomic E-state index is 11.8. The molecule has 8 heteroatoms. The summed E-state index contributed by atoms with van der Waals surface area (Å²) in [6.45, 7) is 2.19. The van der Waals surface area contributed by atoms with Gasteiger partial charge in [-0.1, -0.05) is 11.6 Å². The number of hydrogen-bond acceptors (Lipinski definition) is 5. The van der Waals surface area contributed by atoms with Gasteiger partial charge in [-0.3, -0.25) is 4.79 Å². The van der Waals surface area contributed by atoms with Crippen molar-refractivity contribution >= 4 is 27.6 Å². The van der Waals surface area contributed by atoms with Gasteiger partial charge in [0.25, 0.3) is 0 Å². The van der Waals surface area contributed by atoms with Crippen LogP contribution in [0.2, 0.25) is 5.15 Å². The summed E-state index contributed by atoms with van der Waals surface area (Å²) in [5.74, 6) is -0.339. The van der Waals surface area contributed by atoms with Crippen LogP contribution in [0.4, 0.5) is 0 Å². The number of nitrogens with one attached hydrogen (secondary N) is 1. The number of aromatic nitrogens is 1. The van der Waals surface area contributed by atoms with Crippen molar-refractivity contribution < 1.29 is 17.9 Å². The van der Waals surface area contributed by atoms with Gasteiger partial charge in [0.2, 0.25) is 10.0 Å². The molecule has 0 aliphatic heterocycles. The smallest absolute Gasteiger partial charge is 0.305 e. The standard InChI is InChI=1S/C11H15ClN2O4S/c1-2-18-11(15)4-3-6-14-19(16,17)9-5-7-13-10(12)8-9/h5,7-8,14H,2-4,6H2,1H3. The molecule has 0 aliphatic rings. The Morgan fingerprint density at radius 1 is 1.53 bits per heavy atom. The second kappa shape index (κ2) is 7.42. The molecule has 106 valence electrons. The van der Waals surface area contributed by atoms with Crippen molar-refractivity contribution in [2.45, 2.75) is 24.7 Å². The molecule has 1 heterocycles. The third kappa shape index (κ3) is 5.54. The number of pyridine rings is 1. The number of halogens is 1. The van der Waals surface area contributed by atoms with Gasteiger partial charge in [0, 0.05) is 19.2 Å². The molecule has 0 saturated carbocycles. The highest BCUT2D eigenvalue weighted by Gasteiger charge is 2.14. The zero-order valence-corrected chi connectivity index (χ0v) is 12.0. The van der Waals surface area contributed by atoms with E-state index in [0.717, 1.165) is 0 Å². The molecule has 1 rings (SSSR count). The first-order valence-electron chi connectivity index (χ1n) is 5.72. The Labute approximate surface area is 117 Å². The monoisotopic (exact) mass is 306 g/mol. The number of carbonyl (C=O) groups excluding carboxylic acids is 1. The minimum atomic E-state index is -3.62. The van der Waals surface area contributed by atoms with Gasteiger partial charge >= 0.3 is 5.97 Å². The molecule has 0 radical (unpaired) electrons. The first-order valence-corrected chi connectivity index (χ1v) is 7.58. The van der Waals surface area contributed by atoms with E-state index in [1.54, 1.807) is 6.92 Å². The van der Waals surface area contributed by atoms with Crippen LogP contribution in [0.3, 0.4) is 0 Å². The predicted molar refractivity (Wildman–Crippen MR) is 70.3 cm³/mol. The van der Waals surface area contributed by atoms with E-state index in [1.807, 2.05) is 0 Å². The molecule has 19 heavy (non-hydrogen) atoms. The average molecular weight is 307 g/mol. The Morgan fingerprint density at radius 2 is 2.26 bits per heavy atom. The van der Waals surface area contributed by atoms with Crippen molar-refractivity contribution in [2.24, 2.45) is 0 Å². The molecule has 1 aromatic heterocycles. The average Bonchev–Trinajstić information content (AvgIpc) is 2.35. The van der Waals surface area contributed by atoms with Gasteiger partial charge in [0.05, 0.1) is 11.5 Å². The molecule has 0 atom stereocenters. The number of esters is 1. The number of rotatable bonds is 7. The summed E-state index contributed by atoms with van der Waals surface area (Å²) < 4.78 is 30.8. The van der Waals surface area contributed by atoms with Crippen molar-refractivity contribution in [3.05, 3.63) is 23.5 Å². The van der Waals surface area contributed by atoms with Gasteiger partial charge in [-0.15, -0.1) is 0 Å². The minimum Gasteiger partial charge on any atom is -0.466 e. The Balaban J connectivity index is 2.46. The highest BCUT2D eigenvalue weighted by Crippen LogP contribution is 2.12. The van der Waals surface area contributed by atoms with Crippen LogP contribution in [0.25, 0.3) is 0 Å². The minimum absolute atomic E-state index is 0.0450. The van der Waals surface area contributed by atoms with Crippen molar-refractivity contribution in [1.29, 1.82) is 0 Å². The zero-order valence-electron chi connectivity index (χ0n) is 10.4. The summed E-state index contributed by atoms with van der Waals surface area (Å²) in [6, 6.07) is 2.61. The van der Waals surface area contributed by atoms with E-state index < -0.39 is 10.0 Å². The lowest BCUT2D eigenvalue weighted by Crippen LogP contribution is -2.25. The quantitative estimate of drug-likeness (QED) is 0.467. The number of ether oxygens (including phenoxy) is 1. The second-order valence-corrected chi connectivity index (χ2v) is 5.77. The second-order valence-electron chi connectivity index (χ2n) is 3.62. The fraction of sp³-hybridized carbons (Fsp3) is 0.455. The van der Waals surface area contributed by atoms with Crippen LogP contribution in [-0.4, -0.2) is 32.5 Å². The van der Waals surface area contributed by atoms with Crippen molar-refractivity contribution in [1.82, 2.24) is 9.71 Å². The van der Waals surface area contributed by atoms with Crippen LogP contribution in [-0.2, 0) is 19.6 Å². The lowest BCUT2D eigenvalue weighted by Gasteiger charge is -2.06. The Morgan fingerprint density at radius 3 is 2.89 bits per heavy atom. The van der Waals surface area contributed by atoms with Crippen LogP contribution >= 0.6 is 11.6 Å². The molecular weight excluding hydrogens is 292 g/mol. The number of sulfonamides is 1. The highest BCUT2D eigenvalue weighted by atomic mass is 35.5. The SMILES string of the molecule is CCOC(=O)CCCNS(=O)(=O)c1ccnc(Cl)c1. The fourth-order valence-electron chi connectivity index (χ4n) is 1.31. The maximum atomic E-state index is 11.8. The van der Waals surface area contributed by atoms with Crippen molar-refractivity contribution in [2.75, 3.05) is 13.2 Å². The largest absolute Gasteiger partial charge is 0.466 e. The third-order valence-electron chi connectivity index (χ3n) is 2.16. The summed E-state index contributed by atoms with van der Waals surface area (Å²) in [6.07, 6.45) is 1.86. The maximum Gasteiger partial charge on any atom is 0.305 e. The molecule has 0 aliphatic carbocycles. The summed E-state index contributed by atoms with van der Waals surface area (Å²) >= 11 is 5.62. The van der Waals surface area contributed by atoms with Crippen LogP contribution in [0.15, 0.2) is 23.2 Å². The van der Waals surface area contributed by atoms with Gasteiger partial charge < -0.3 is 4.74 Å². The number of carbonyl (C=O) groups is 1.